The summed E-state index contributed by atoms with van der Waals surface area (Å²) in [5.74, 6) is 0.584. The quantitative estimate of drug-likeness (QED) is 0.644. The van der Waals surface area contributed by atoms with Gasteiger partial charge in [-0.1, -0.05) is 25.5 Å². The number of para-hydroxylation sites is 2. The molecule has 1 aromatic heterocycles. The monoisotopic (exact) mass is 412 g/mol. The molecule has 0 aliphatic heterocycles. The minimum atomic E-state index is -0.282. The predicted molar refractivity (Wildman–Crippen MR) is 117 cm³/mol. The van der Waals surface area contributed by atoms with E-state index in [-0.39, 0.29) is 24.5 Å². The van der Waals surface area contributed by atoms with Crippen molar-refractivity contribution in [1.82, 2.24) is 14.4 Å². The van der Waals surface area contributed by atoms with Crippen LogP contribution in [0, 0.1) is 0 Å². The molecular weight excluding hydrogens is 380 g/mol. The fraction of sp³-hybridized carbons (Fsp3) is 0.478. The predicted octanol–water partition coefficient (Wildman–Crippen LogP) is 3.86. The lowest BCUT2D eigenvalue weighted by Gasteiger charge is -2.28. The van der Waals surface area contributed by atoms with Crippen LogP contribution in [0.15, 0.2) is 42.6 Å². The number of aromatic nitrogens is 1. The molecule has 1 aliphatic carbocycles. The van der Waals surface area contributed by atoms with Crippen LogP contribution in [0.5, 0.6) is 5.75 Å². The SMILES string of the molecule is CCCCN(CC(=O)N(Cc1cccn1C)C1CC1)C(=O)Nc1ccccc1OC. The average Bonchev–Trinajstić information content (AvgIpc) is 3.51. The number of carbonyl (C=O) groups is 2. The van der Waals surface area contributed by atoms with E-state index in [1.807, 2.05) is 47.0 Å². The highest BCUT2D eigenvalue weighted by Crippen LogP contribution is 2.29. The maximum atomic E-state index is 13.2. The van der Waals surface area contributed by atoms with E-state index in [0.29, 0.717) is 24.5 Å². The van der Waals surface area contributed by atoms with Crippen LogP contribution in [0.4, 0.5) is 10.5 Å². The van der Waals surface area contributed by atoms with Crippen LogP contribution < -0.4 is 10.1 Å². The van der Waals surface area contributed by atoms with Gasteiger partial charge >= 0.3 is 6.03 Å². The number of hydrogen-bond acceptors (Lipinski definition) is 3. The third-order valence-corrected chi connectivity index (χ3v) is 5.44. The molecule has 1 saturated carbocycles. The number of nitrogens with zero attached hydrogens (tertiary/aromatic N) is 3. The number of urea groups is 1. The maximum absolute atomic E-state index is 13.2. The second-order valence-corrected chi connectivity index (χ2v) is 7.77. The second-order valence-electron chi connectivity index (χ2n) is 7.77. The van der Waals surface area contributed by atoms with Gasteiger partial charge in [-0.25, -0.2) is 4.79 Å². The zero-order valence-corrected chi connectivity index (χ0v) is 18.1. The van der Waals surface area contributed by atoms with Gasteiger partial charge in [0.05, 0.1) is 19.3 Å². The van der Waals surface area contributed by atoms with Gasteiger partial charge in [-0.15, -0.1) is 0 Å². The summed E-state index contributed by atoms with van der Waals surface area (Å²) in [7, 11) is 3.56. The van der Waals surface area contributed by atoms with Gasteiger partial charge in [0.2, 0.25) is 5.91 Å². The van der Waals surface area contributed by atoms with Crippen LogP contribution in [0.2, 0.25) is 0 Å². The van der Waals surface area contributed by atoms with E-state index >= 15 is 0 Å². The van der Waals surface area contributed by atoms with Gasteiger partial charge in [0.1, 0.15) is 12.3 Å². The molecule has 0 saturated heterocycles. The molecule has 30 heavy (non-hydrogen) atoms. The summed E-state index contributed by atoms with van der Waals surface area (Å²) in [5, 5.41) is 2.90. The first-order valence-corrected chi connectivity index (χ1v) is 10.6. The van der Waals surface area contributed by atoms with Crippen LogP contribution in [-0.2, 0) is 18.4 Å². The Balaban J connectivity index is 1.70. The highest BCUT2D eigenvalue weighted by atomic mass is 16.5. The molecule has 162 valence electrons. The minimum absolute atomic E-state index is 0.00928. The van der Waals surface area contributed by atoms with E-state index in [1.54, 1.807) is 24.1 Å². The number of unbranched alkanes of at least 4 members (excludes halogenated alkanes) is 1. The molecule has 3 amide bonds. The first kappa shape index (κ1) is 21.7. The molecule has 1 N–H and O–H groups in total. The van der Waals surface area contributed by atoms with Crippen molar-refractivity contribution in [3.63, 3.8) is 0 Å². The molecule has 0 radical (unpaired) electrons. The van der Waals surface area contributed by atoms with Gasteiger partial charge in [-0.05, 0) is 43.5 Å². The maximum Gasteiger partial charge on any atom is 0.322 e. The second kappa shape index (κ2) is 10.2. The summed E-state index contributed by atoms with van der Waals surface area (Å²) < 4.78 is 7.36. The Morgan fingerprint density at radius 3 is 2.60 bits per heavy atom. The summed E-state index contributed by atoms with van der Waals surface area (Å²) >= 11 is 0. The van der Waals surface area contributed by atoms with Gasteiger partial charge in [-0.3, -0.25) is 4.79 Å². The number of anilines is 1. The molecule has 0 atom stereocenters. The van der Waals surface area contributed by atoms with E-state index < -0.39 is 0 Å². The molecule has 1 aliphatic rings. The van der Waals surface area contributed by atoms with Crippen LogP contribution in [-0.4, -0.2) is 52.5 Å². The van der Waals surface area contributed by atoms with Crippen molar-refractivity contribution in [3.05, 3.63) is 48.3 Å². The lowest BCUT2D eigenvalue weighted by atomic mass is 10.3. The van der Waals surface area contributed by atoms with E-state index in [0.717, 1.165) is 31.4 Å². The molecule has 3 rings (SSSR count). The molecule has 7 heteroatoms. The lowest BCUT2D eigenvalue weighted by molar-refractivity contribution is -0.133. The summed E-state index contributed by atoms with van der Waals surface area (Å²) in [6.07, 6.45) is 5.83. The Morgan fingerprint density at radius 2 is 1.97 bits per heavy atom. The first-order chi connectivity index (χ1) is 14.5. The normalized spacial score (nSPS) is 13.0. The Labute approximate surface area is 178 Å². The molecule has 0 unspecified atom stereocenters. The number of methoxy groups -OCH3 is 1. The van der Waals surface area contributed by atoms with Crippen molar-refractivity contribution >= 4 is 17.6 Å². The Bertz CT molecular complexity index is 860. The van der Waals surface area contributed by atoms with Gasteiger partial charge in [-0.2, -0.15) is 0 Å². The molecular formula is C23H32N4O3. The third-order valence-electron chi connectivity index (χ3n) is 5.44. The summed E-state index contributed by atoms with van der Waals surface area (Å²) in [6, 6.07) is 11.3. The van der Waals surface area contributed by atoms with E-state index in [4.69, 9.17) is 4.74 Å². The van der Waals surface area contributed by atoms with Crippen LogP contribution in [0.25, 0.3) is 0 Å². The minimum Gasteiger partial charge on any atom is -0.495 e. The number of amides is 3. The molecule has 1 fully saturated rings. The van der Waals surface area contributed by atoms with Crippen LogP contribution >= 0.6 is 0 Å². The van der Waals surface area contributed by atoms with Gasteiger partial charge in [0, 0.05) is 31.5 Å². The molecule has 1 aromatic carbocycles. The lowest BCUT2D eigenvalue weighted by Crippen LogP contribution is -2.45. The van der Waals surface area contributed by atoms with Gasteiger partial charge in [0.25, 0.3) is 0 Å². The molecule has 0 bridgehead atoms. The van der Waals surface area contributed by atoms with Crippen molar-refractivity contribution in [2.45, 2.75) is 45.2 Å². The average molecular weight is 413 g/mol. The van der Waals surface area contributed by atoms with Crippen molar-refractivity contribution in [1.29, 1.82) is 0 Å². The number of aryl methyl sites for hydroxylation is 1. The smallest absolute Gasteiger partial charge is 0.322 e. The number of benzene rings is 1. The van der Waals surface area contributed by atoms with Crippen molar-refractivity contribution in [2.75, 3.05) is 25.5 Å². The summed E-state index contributed by atoms with van der Waals surface area (Å²) in [5.41, 5.74) is 1.69. The zero-order chi connectivity index (χ0) is 21.5. The fourth-order valence-corrected chi connectivity index (χ4v) is 3.44. The largest absolute Gasteiger partial charge is 0.495 e. The number of nitrogens with one attached hydrogen (secondary N) is 1. The van der Waals surface area contributed by atoms with Crippen LogP contribution in [0.1, 0.15) is 38.3 Å². The topological polar surface area (TPSA) is 66.8 Å². The van der Waals surface area contributed by atoms with E-state index in [1.165, 1.54) is 0 Å². The van der Waals surface area contributed by atoms with Crippen molar-refractivity contribution in [3.8, 4) is 5.75 Å². The summed E-state index contributed by atoms with van der Waals surface area (Å²) in [4.78, 5) is 29.7. The fourth-order valence-electron chi connectivity index (χ4n) is 3.44. The number of hydrogen-bond donors (Lipinski definition) is 1. The molecule has 1 heterocycles. The number of ether oxygens (including phenoxy) is 1. The van der Waals surface area contributed by atoms with Crippen molar-refractivity contribution < 1.29 is 14.3 Å². The molecule has 7 nitrogen and oxygen atoms in total. The van der Waals surface area contributed by atoms with Crippen molar-refractivity contribution in [2.24, 2.45) is 7.05 Å². The molecule has 2 aromatic rings. The van der Waals surface area contributed by atoms with Gasteiger partial charge < -0.3 is 24.4 Å². The molecule has 0 spiro atoms. The third kappa shape index (κ3) is 5.55. The van der Waals surface area contributed by atoms with E-state index in [2.05, 4.69) is 12.2 Å². The van der Waals surface area contributed by atoms with Crippen LogP contribution in [0.3, 0.4) is 0 Å². The standard InChI is InChI=1S/C23H32N4O3/c1-4-5-15-26(23(29)24-20-10-6-7-11-21(20)30-3)17-22(28)27(18-12-13-18)16-19-9-8-14-25(19)2/h6-11,14,18H,4-5,12-13,15-17H2,1-3H3,(H,24,29). The summed E-state index contributed by atoms with van der Waals surface area (Å²) in [6.45, 7) is 3.25. The first-order valence-electron chi connectivity index (χ1n) is 10.6. The highest BCUT2D eigenvalue weighted by Gasteiger charge is 2.34. The number of rotatable bonds is 10. The Kier molecular flexibility index (Phi) is 7.38. The number of carbonyl (C=O) groups excluding carboxylic acids is 2. The zero-order valence-electron chi connectivity index (χ0n) is 18.1. The Hall–Kier alpha value is -2.96. The Morgan fingerprint density at radius 1 is 1.20 bits per heavy atom. The van der Waals surface area contributed by atoms with E-state index in [9.17, 15) is 9.59 Å². The highest BCUT2D eigenvalue weighted by molar-refractivity contribution is 5.93. The van der Waals surface area contributed by atoms with Gasteiger partial charge in [0.15, 0.2) is 0 Å².